The van der Waals surface area contributed by atoms with Crippen molar-refractivity contribution in [2.45, 2.75) is 30.9 Å². The van der Waals surface area contributed by atoms with Crippen molar-refractivity contribution in [3.63, 3.8) is 0 Å². The summed E-state index contributed by atoms with van der Waals surface area (Å²) in [5.74, 6) is 0.436. The predicted octanol–water partition coefficient (Wildman–Crippen LogP) is 19.1. The zero-order valence-corrected chi connectivity index (χ0v) is 47.1. The number of fused-ring (bicyclic) bond motifs is 13. The van der Waals surface area contributed by atoms with Crippen LogP contribution in [0.1, 0.15) is 46.1 Å². The van der Waals surface area contributed by atoms with Crippen molar-refractivity contribution in [3.8, 4) is 40.6 Å². The lowest BCUT2D eigenvalue weighted by atomic mass is 10.1. The van der Waals surface area contributed by atoms with Crippen LogP contribution in [0.5, 0.6) is 0 Å². The molecule has 0 fully saturated rings. The van der Waals surface area contributed by atoms with Crippen molar-refractivity contribution in [3.05, 3.63) is 263 Å². The molecule has 9 heteroatoms. The molecule has 0 unspecified atom stereocenters. The Morgan fingerprint density at radius 3 is 1.53 bits per heavy atom. The van der Waals surface area contributed by atoms with Crippen LogP contribution in [0, 0.1) is 29.6 Å². The second-order valence-electron chi connectivity index (χ2n) is 21.5. The lowest BCUT2D eigenvalue weighted by Crippen LogP contribution is -2.06. The normalized spacial score (nSPS) is 13.1. The number of nitriles is 2. The van der Waals surface area contributed by atoms with Crippen molar-refractivity contribution < 1.29 is 0 Å². The molecule has 0 radical (unpaired) electrons. The van der Waals surface area contributed by atoms with E-state index in [4.69, 9.17) is 12.6 Å². The molecule has 7 nitrogen and oxygen atoms in total. The molecular weight excluding hydrogens is 1050 g/mol. The minimum Gasteiger partial charge on any atom is -0.311 e. The first-order chi connectivity index (χ1) is 40.9. The molecular formula is C74H49N7S2. The van der Waals surface area contributed by atoms with Gasteiger partial charge in [-0.05, 0) is 127 Å². The van der Waals surface area contributed by atoms with Crippen molar-refractivity contribution >= 4 is 124 Å². The average Bonchev–Trinajstić information content (AvgIpc) is 4.53. The van der Waals surface area contributed by atoms with Gasteiger partial charge in [0.05, 0.1) is 72.3 Å². The van der Waals surface area contributed by atoms with Crippen LogP contribution in [0.4, 0.5) is 0 Å². The van der Waals surface area contributed by atoms with Gasteiger partial charge in [0.25, 0.3) is 0 Å². The quantitative estimate of drug-likeness (QED) is 0.154. The van der Waals surface area contributed by atoms with E-state index in [0.717, 1.165) is 112 Å². The molecule has 6 heterocycles. The Bertz CT molecular complexity index is 5300. The Hall–Kier alpha value is -10.2. The van der Waals surface area contributed by atoms with Crippen LogP contribution in [0.25, 0.3) is 128 Å². The number of para-hydroxylation sites is 5. The smallest absolute Gasteiger partial charge is 0.101 e. The third-order valence-corrected chi connectivity index (χ3v) is 18.6. The second-order valence-corrected chi connectivity index (χ2v) is 23.0. The second kappa shape index (κ2) is 19.0. The van der Waals surface area contributed by atoms with Crippen molar-refractivity contribution in [1.29, 1.82) is 10.5 Å². The van der Waals surface area contributed by atoms with Gasteiger partial charge in [0.1, 0.15) is 12.1 Å². The standard InChI is InChI=1S/C74H49N7S2/c1-3-17-53-45(2)77(49-19-5-4-6-20-49)73-58(53)32-33-59-60-39-50(78-63-25-12-8-21-54(63)55-22-9-13-26-64(55)78)31-35-68(60)81(74(59)73)70-38-47(42-75)69(37-48(70)43-76)80-67-34-30-51(79-65-27-14-10-23-56(65)57-24-11-15-28-66(57)79)40-61(67)62(44-82)71(80)41-52-36-46-18-7-16-29-72(46)83-52/h3-35,37-41,82H,36,44H2,1-2H3/b17-3-,52-41+. The Balaban J connectivity index is 0.986. The lowest BCUT2D eigenvalue weighted by molar-refractivity contribution is 1.04. The van der Waals surface area contributed by atoms with Gasteiger partial charge in [0.2, 0.25) is 0 Å². The summed E-state index contributed by atoms with van der Waals surface area (Å²) in [7, 11) is 0. The van der Waals surface area contributed by atoms with Gasteiger partial charge in [0, 0.05) is 88.5 Å². The molecule has 1 aliphatic rings. The number of thioether (sulfide) groups is 1. The first kappa shape index (κ1) is 48.7. The van der Waals surface area contributed by atoms with Gasteiger partial charge in [-0.15, -0.1) is 0 Å². The summed E-state index contributed by atoms with van der Waals surface area (Å²) in [6, 6.07) is 80.7. The zero-order valence-electron chi connectivity index (χ0n) is 45.3. The minimum absolute atomic E-state index is 0.432. The molecule has 0 atom stereocenters. The predicted molar refractivity (Wildman–Crippen MR) is 349 cm³/mol. The average molecular weight is 1100 g/mol. The third-order valence-electron chi connectivity index (χ3n) is 17.1. The molecule has 83 heavy (non-hydrogen) atoms. The Kier molecular flexibility index (Phi) is 11.1. The van der Waals surface area contributed by atoms with Crippen LogP contribution in [-0.4, -0.2) is 22.8 Å². The topological polar surface area (TPSA) is 72.2 Å². The molecule has 0 bridgehead atoms. The Morgan fingerprint density at radius 2 is 0.964 bits per heavy atom. The summed E-state index contributed by atoms with van der Waals surface area (Å²) >= 11 is 6.92. The number of hydrogen-bond acceptors (Lipinski definition) is 4. The molecule has 0 aliphatic carbocycles. The van der Waals surface area contributed by atoms with E-state index in [9.17, 15) is 10.5 Å². The fourth-order valence-corrected chi connectivity index (χ4v) is 15.1. The van der Waals surface area contributed by atoms with Crippen LogP contribution >= 0.6 is 24.4 Å². The van der Waals surface area contributed by atoms with Crippen molar-refractivity contribution in [2.75, 3.05) is 0 Å². The summed E-state index contributed by atoms with van der Waals surface area (Å²) in [5, 5.41) is 32.5. The van der Waals surface area contributed by atoms with E-state index in [-0.39, 0.29) is 0 Å². The minimum atomic E-state index is 0.432. The van der Waals surface area contributed by atoms with Crippen LogP contribution < -0.4 is 0 Å². The molecule has 392 valence electrons. The summed E-state index contributed by atoms with van der Waals surface area (Å²) in [6.07, 6.45) is 7.37. The lowest BCUT2D eigenvalue weighted by Gasteiger charge is -2.18. The van der Waals surface area contributed by atoms with E-state index < -0.39 is 0 Å². The maximum absolute atomic E-state index is 11.8. The van der Waals surface area contributed by atoms with Gasteiger partial charge in [0.15, 0.2) is 0 Å². The molecule has 16 rings (SSSR count). The van der Waals surface area contributed by atoms with Gasteiger partial charge >= 0.3 is 0 Å². The van der Waals surface area contributed by atoms with Gasteiger partial charge in [-0.3, -0.25) is 0 Å². The highest BCUT2D eigenvalue weighted by atomic mass is 32.2. The number of allylic oxidation sites excluding steroid dienone is 2. The van der Waals surface area contributed by atoms with Gasteiger partial charge < -0.3 is 22.8 Å². The maximum atomic E-state index is 11.8. The molecule has 15 aromatic rings. The first-order valence-corrected chi connectivity index (χ1v) is 29.4. The van der Waals surface area contributed by atoms with E-state index in [0.29, 0.717) is 28.3 Å². The molecule has 10 aromatic carbocycles. The fraction of sp³-hybridized carbons (Fsp3) is 0.0541. The van der Waals surface area contributed by atoms with Crippen LogP contribution in [-0.2, 0) is 12.2 Å². The Labute approximate surface area is 488 Å². The van der Waals surface area contributed by atoms with Crippen LogP contribution in [0.2, 0.25) is 0 Å². The van der Waals surface area contributed by atoms with E-state index in [2.05, 4.69) is 267 Å². The largest absolute Gasteiger partial charge is 0.311 e. The highest BCUT2D eigenvalue weighted by molar-refractivity contribution is 8.03. The molecule has 0 saturated carbocycles. The van der Waals surface area contributed by atoms with Gasteiger partial charge in [-0.25, -0.2) is 0 Å². The summed E-state index contributed by atoms with van der Waals surface area (Å²) in [6.45, 7) is 4.25. The summed E-state index contributed by atoms with van der Waals surface area (Å²) in [5.41, 5.74) is 19.0. The van der Waals surface area contributed by atoms with E-state index in [1.165, 1.54) is 36.9 Å². The number of hydrogen-bond donors (Lipinski definition) is 1. The van der Waals surface area contributed by atoms with Gasteiger partial charge in [-0.1, -0.05) is 145 Å². The molecule has 0 saturated heterocycles. The summed E-state index contributed by atoms with van der Waals surface area (Å²) in [4.78, 5) is 2.44. The van der Waals surface area contributed by atoms with Crippen molar-refractivity contribution in [1.82, 2.24) is 22.8 Å². The number of benzene rings is 10. The number of nitrogens with zero attached hydrogens (tertiary/aromatic N) is 7. The fourth-order valence-electron chi connectivity index (χ4n) is 13.6. The van der Waals surface area contributed by atoms with Crippen molar-refractivity contribution in [2.24, 2.45) is 0 Å². The monoisotopic (exact) mass is 1100 g/mol. The van der Waals surface area contributed by atoms with Crippen LogP contribution in [0.15, 0.2) is 228 Å². The van der Waals surface area contributed by atoms with E-state index in [1.807, 2.05) is 12.1 Å². The maximum Gasteiger partial charge on any atom is 0.101 e. The highest BCUT2D eigenvalue weighted by Crippen LogP contribution is 2.47. The van der Waals surface area contributed by atoms with Crippen LogP contribution in [0.3, 0.4) is 0 Å². The zero-order chi connectivity index (χ0) is 55.6. The highest BCUT2D eigenvalue weighted by Gasteiger charge is 2.28. The first-order valence-electron chi connectivity index (χ1n) is 28.0. The van der Waals surface area contributed by atoms with E-state index >= 15 is 0 Å². The summed E-state index contributed by atoms with van der Waals surface area (Å²) < 4.78 is 11.5. The van der Waals surface area contributed by atoms with Gasteiger partial charge in [-0.2, -0.15) is 23.2 Å². The SMILES string of the molecule is C/C=C\c1c(C)n(-c2ccccc2)c2c1ccc1c3cc(-n4c5ccccc5c5ccccc54)ccc3n(-c3cc(C#N)c(-n4c(/C=C5\Cc6ccccc6S5)c(CS)c5cc(-n6c7ccccc7c7ccccc76)ccc54)cc3C#N)c12. The molecule has 0 spiro atoms. The number of rotatable bonds is 8. The van der Waals surface area contributed by atoms with E-state index in [1.54, 1.807) is 11.8 Å². The molecule has 5 aromatic heterocycles. The number of aromatic nitrogens is 5. The Morgan fingerprint density at radius 1 is 0.470 bits per heavy atom. The molecule has 0 N–H and O–H groups in total. The molecule has 0 amide bonds. The third kappa shape index (κ3) is 7.18. The molecule has 1 aliphatic heterocycles. The number of thiol groups is 1.